The van der Waals surface area contributed by atoms with Crippen molar-refractivity contribution in [2.45, 2.75) is 4.90 Å². The highest BCUT2D eigenvalue weighted by molar-refractivity contribution is 7.90. The van der Waals surface area contributed by atoms with Crippen molar-refractivity contribution in [3.05, 3.63) is 95.3 Å². The smallest absolute Gasteiger partial charge is 0.303 e. The van der Waals surface area contributed by atoms with Crippen LogP contribution in [0.2, 0.25) is 0 Å². The van der Waals surface area contributed by atoms with Crippen LogP contribution in [0.15, 0.2) is 109 Å². The second kappa shape index (κ2) is 9.03. The van der Waals surface area contributed by atoms with E-state index in [1.54, 1.807) is 48.5 Å². The zero-order valence-electron chi connectivity index (χ0n) is 17.6. The van der Waals surface area contributed by atoms with Crippen LogP contribution in [-0.4, -0.2) is 28.8 Å². The normalized spacial score (nSPS) is 11.5. The lowest BCUT2D eigenvalue weighted by molar-refractivity contribution is 0.426. The summed E-state index contributed by atoms with van der Waals surface area (Å²) in [5.74, 6) is -0.993. The van der Waals surface area contributed by atoms with E-state index in [1.807, 2.05) is 12.1 Å². The Balaban J connectivity index is 1.77. The summed E-state index contributed by atoms with van der Waals surface area (Å²) in [6.07, 6.45) is 0. The van der Waals surface area contributed by atoms with E-state index in [2.05, 4.69) is 14.6 Å². The topological polar surface area (TPSA) is 170 Å². The summed E-state index contributed by atoms with van der Waals surface area (Å²) < 4.78 is 29.9. The minimum atomic E-state index is -4.05. The Morgan fingerprint density at radius 1 is 0.765 bits per heavy atom. The van der Waals surface area contributed by atoms with E-state index in [4.69, 9.17) is 11.5 Å². The van der Waals surface area contributed by atoms with Crippen molar-refractivity contribution in [3.63, 3.8) is 0 Å². The van der Waals surface area contributed by atoms with Gasteiger partial charge in [0.05, 0.1) is 22.0 Å². The molecule has 0 aliphatic rings. The number of guanidine groups is 1. The number of nitrogens with zero attached hydrogens (tertiary/aromatic N) is 5. The maximum Gasteiger partial charge on any atom is 0.303 e. The molecule has 4 aromatic rings. The first-order chi connectivity index (χ1) is 16.3. The Morgan fingerprint density at radius 2 is 1.29 bits per heavy atom. The quantitative estimate of drug-likeness (QED) is 0.219. The van der Waals surface area contributed by atoms with Crippen LogP contribution in [0, 0.1) is 0 Å². The number of hydrogen-bond acceptors (Lipinski definition) is 6. The van der Waals surface area contributed by atoms with Gasteiger partial charge in [0.25, 0.3) is 10.0 Å². The number of benzene rings is 3. The monoisotopic (exact) mass is 477 g/mol. The van der Waals surface area contributed by atoms with Gasteiger partial charge in [0, 0.05) is 0 Å². The van der Waals surface area contributed by atoms with Gasteiger partial charge in [-0.15, -0.1) is 9.51 Å². The fourth-order valence-electron chi connectivity index (χ4n) is 3.16. The lowest BCUT2D eigenvalue weighted by Crippen LogP contribution is -2.24. The van der Waals surface area contributed by atoms with E-state index in [-0.39, 0.29) is 16.3 Å². The third-order valence-corrected chi connectivity index (χ3v) is 5.95. The lowest BCUT2D eigenvalue weighted by Gasteiger charge is -2.12. The number of rotatable bonds is 6. The van der Waals surface area contributed by atoms with Crippen LogP contribution in [0.4, 0.5) is 11.4 Å². The third kappa shape index (κ3) is 4.42. The molecule has 34 heavy (non-hydrogen) atoms. The highest BCUT2D eigenvalue weighted by atomic mass is 32.2. The van der Waals surface area contributed by atoms with E-state index in [0.717, 1.165) is 0 Å². The first kappa shape index (κ1) is 22.5. The second-order valence-electron chi connectivity index (χ2n) is 6.96. The molecule has 0 aliphatic carbocycles. The molecule has 172 valence electrons. The van der Waals surface area contributed by atoms with Crippen molar-refractivity contribution in [2.75, 3.05) is 0 Å². The number of hydrogen-bond donors (Lipinski definition) is 3. The van der Waals surface area contributed by atoms with Gasteiger partial charge in [0.15, 0.2) is 0 Å². The highest BCUT2D eigenvalue weighted by Gasteiger charge is 2.22. The molecule has 3 aromatic carbocycles. The van der Waals surface area contributed by atoms with Crippen molar-refractivity contribution in [2.24, 2.45) is 26.1 Å². The van der Waals surface area contributed by atoms with Crippen LogP contribution in [-0.2, 0) is 10.0 Å². The van der Waals surface area contributed by atoms with Gasteiger partial charge in [-0.1, -0.05) is 36.4 Å². The maximum absolute atomic E-state index is 13.2. The predicted octanol–water partition coefficient (Wildman–Crippen LogP) is 2.71. The molecule has 0 spiro atoms. The summed E-state index contributed by atoms with van der Waals surface area (Å²) in [6.45, 7) is 0. The zero-order valence-corrected chi connectivity index (χ0v) is 18.4. The van der Waals surface area contributed by atoms with Crippen LogP contribution >= 0.6 is 0 Å². The fourth-order valence-corrected chi connectivity index (χ4v) is 4.03. The SMILES string of the molecule is NC(N)=NS(=O)(=O)c1ccc(N=Nc2c(O)n(-c3ccccc3)n(-c3ccccc3)c2=O)cc1. The molecule has 0 atom stereocenters. The molecular weight excluding hydrogens is 458 g/mol. The van der Waals surface area contributed by atoms with Gasteiger partial charge >= 0.3 is 5.56 Å². The summed E-state index contributed by atoms with van der Waals surface area (Å²) in [5, 5.41) is 18.8. The molecule has 1 heterocycles. The molecule has 0 amide bonds. The minimum Gasteiger partial charge on any atom is -0.492 e. The predicted molar refractivity (Wildman–Crippen MR) is 127 cm³/mol. The summed E-state index contributed by atoms with van der Waals surface area (Å²) >= 11 is 0. The number of sulfonamides is 1. The first-order valence-electron chi connectivity index (χ1n) is 9.83. The Bertz CT molecular complexity index is 1540. The molecule has 1 aromatic heterocycles. The Morgan fingerprint density at radius 3 is 1.82 bits per heavy atom. The van der Waals surface area contributed by atoms with Crippen molar-refractivity contribution in [1.82, 2.24) is 9.36 Å². The van der Waals surface area contributed by atoms with Gasteiger partial charge in [-0.05, 0) is 48.5 Å². The summed E-state index contributed by atoms with van der Waals surface area (Å²) in [6, 6.07) is 22.8. The first-order valence-corrected chi connectivity index (χ1v) is 11.3. The number of aromatic hydroxyl groups is 1. The zero-order chi connectivity index (χ0) is 24.3. The van der Waals surface area contributed by atoms with Gasteiger partial charge < -0.3 is 16.6 Å². The van der Waals surface area contributed by atoms with Gasteiger partial charge in [0.1, 0.15) is 0 Å². The largest absolute Gasteiger partial charge is 0.492 e. The van der Waals surface area contributed by atoms with Gasteiger partial charge in [-0.3, -0.25) is 4.79 Å². The molecule has 0 unspecified atom stereocenters. The molecular formula is C22H19N7O4S. The van der Waals surface area contributed by atoms with Crippen molar-refractivity contribution >= 4 is 27.4 Å². The Kier molecular flexibility index (Phi) is 5.97. The lowest BCUT2D eigenvalue weighted by atomic mass is 10.3. The molecule has 0 aliphatic heterocycles. The summed E-state index contributed by atoms with van der Waals surface area (Å²) in [4.78, 5) is 13.1. The second-order valence-corrected chi connectivity index (χ2v) is 8.56. The average molecular weight is 478 g/mol. The van der Waals surface area contributed by atoms with Crippen LogP contribution in [0.1, 0.15) is 0 Å². The van der Waals surface area contributed by atoms with Crippen molar-refractivity contribution in [1.29, 1.82) is 0 Å². The van der Waals surface area contributed by atoms with Crippen LogP contribution in [0.5, 0.6) is 5.88 Å². The molecule has 0 bridgehead atoms. The van der Waals surface area contributed by atoms with E-state index >= 15 is 0 Å². The van der Waals surface area contributed by atoms with E-state index in [1.165, 1.54) is 33.6 Å². The Hall–Kier alpha value is -4.71. The standard InChI is InChI=1S/C22H19N7O4S/c23-22(24)27-34(32,33)18-13-11-15(12-14-18)25-26-19-20(30)28(16-7-3-1-4-8-16)29(21(19)31)17-9-5-2-6-10-17/h1-14,30H,(H4,23,24,27). The third-order valence-electron chi connectivity index (χ3n) is 4.63. The molecule has 5 N–H and O–H groups in total. The molecule has 0 radical (unpaired) electrons. The number of azo groups is 1. The Labute approximate surface area is 194 Å². The van der Waals surface area contributed by atoms with E-state index in [9.17, 15) is 18.3 Å². The van der Waals surface area contributed by atoms with E-state index < -0.39 is 27.4 Å². The number of aromatic nitrogens is 2. The molecule has 4 rings (SSSR count). The fraction of sp³-hybridized carbons (Fsp3) is 0. The molecule has 0 saturated heterocycles. The highest BCUT2D eigenvalue weighted by Crippen LogP contribution is 2.30. The molecule has 11 nitrogen and oxygen atoms in total. The van der Waals surface area contributed by atoms with Gasteiger partial charge in [-0.2, -0.15) is 13.5 Å². The average Bonchev–Trinajstić information content (AvgIpc) is 3.07. The molecule has 0 saturated carbocycles. The van der Waals surface area contributed by atoms with Crippen molar-refractivity contribution in [3.8, 4) is 17.3 Å². The minimum absolute atomic E-state index is 0.149. The van der Waals surface area contributed by atoms with Crippen LogP contribution < -0.4 is 17.0 Å². The summed E-state index contributed by atoms with van der Waals surface area (Å²) in [7, 11) is -4.05. The van der Waals surface area contributed by atoms with Gasteiger partial charge in [-0.25, -0.2) is 9.36 Å². The number of para-hydroxylation sites is 2. The molecule has 0 fully saturated rings. The maximum atomic E-state index is 13.2. The van der Waals surface area contributed by atoms with Crippen LogP contribution in [0.3, 0.4) is 0 Å². The van der Waals surface area contributed by atoms with E-state index in [0.29, 0.717) is 11.4 Å². The van der Waals surface area contributed by atoms with Crippen molar-refractivity contribution < 1.29 is 13.5 Å². The summed E-state index contributed by atoms with van der Waals surface area (Å²) in [5.41, 5.74) is 10.7. The van der Waals surface area contributed by atoms with Gasteiger partial charge in [0.2, 0.25) is 17.5 Å². The molecule has 12 heteroatoms. The number of nitrogens with two attached hydrogens (primary N) is 2. The van der Waals surface area contributed by atoms with Crippen LogP contribution in [0.25, 0.3) is 11.4 Å².